The van der Waals surface area contributed by atoms with Crippen LogP contribution < -0.4 is 10.1 Å². The van der Waals surface area contributed by atoms with E-state index in [4.69, 9.17) is 9.26 Å². The number of hydrogen-bond acceptors (Lipinski definition) is 6. The fraction of sp³-hybridized carbons (Fsp3) is 0.467. The van der Waals surface area contributed by atoms with Gasteiger partial charge in [0.2, 0.25) is 5.89 Å². The van der Waals surface area contributed by atoms with E-state index in [1.54, 1.807) is 7.11 Å². The Kier molecular flexibility index (Phi) is 4.47. The molecule has 1 aliphatic rings. The summed E-state index contributed by atoms with van der Waals surface area (Å²) >= 11 is 0. The van der Waals surface area contributed by atoms with Crippen molar-refractivity contribution in [1.29, 1.82) is 0 Å². The molecule has 0 aliphatic carbocycles. The van der Waals surface area contributed by atoms with E-state index in [9.17, 15) is 0 Å². The molecule has 6 nitrogen and oxygen atoms in total. The standard InChI is InChI=1S/C15H20N4O2/c1-20-13-5-3-2-4-12(13)10-14-17-15(21-18-14)11-19-8-6-16-7-9-19/h2-5,16H,6-11H2,1H3. The highest BCUT2D eigenvalue weighted by molar-refractivity contribution is 5.35. The summed E-state index contributed by atoms with van der Waals surface area (Å²) in [6.07, 6.45) is 0.620. The van der Waals surface area contributed by atoms with Crippen molar-refractivity contribution >= 4 is 0 Å². The molecule has 0 spiro atoms. The van der Waals surface area contributed by atoms with Gasteiger partial charge in [0, 0.05) is 38.2 Å². The maximum Gasteiger partial charge on any atom is 0.240 e. The van der Waals surface area contributed by atoms with E-state index in [1.165, 1.54) is 0 Å². The van der Waals surface area contributed by atoms with Crippen molar-refractivity contribution in [2.75, 3.05) is 33.3 Å². The first kappa shape index (κ1) is 14.0. The molecule has 0 unspecified atom stereocenters. The minimum atomic E-state index is 0.620. The Morgan fingerprint density at radius 3 is 2.90 bits per heavy atom. The molecule has 0 saturated carbocycles. The SMILES string of the molecule is COc1ccccc1Cc1noc(CN2CCNCC2)n1. The molecule has 0 atom stereocenters. The van der Waals surface area contributed by atoms with Gasteiger partial charge in [0.25, 0.3) is 0 Å². The van der Waals surface area contributed by atoms with Crippen molar-refractivity contribution in [2.45, 2.75) is 13.0 Å². The van der Waals surface area contributed by atoms with Crippen LogP contribution in [0.1, 0.15) is 17.3 Å². The molecule has 0 bridgehead atoms. The molecule has 1 aromatic heterocycles. The zero-order valence-corrected chi connectivity index (χ0v) is 12.2. The van der Waals surface area contributed by atoms with Crippen molar-refractivity contribution < 1.29 is 9.26 Å². The lowest BCUT2D eigenvalue weighted by atomic mass is 10.1. The predicted molar refractivity (Wildman–Crippen MR) is 78.2 cm³/mol. The molecule has 1 saturated heterocycles. The smallest absolute Gasteiger partial charge is 0.240 e. The molecule has 112 valence electrons. The summed E-state index contributed by atoms with van der Waals surface area (Å²) in [4.78, 5) is 6.80. The molecule has 3 rings (SSSR count). The number of methoxy groups -OCH3 is 1. The highest BCUT2D eigenvalue weighted by atomic mass is 16.5. The van der Waals surface area contributed by atoms with Crippen molar-refractivity contribution in [3.05, 3.63) is 41.5 Å². The van der Waals surface area contributed by atoms with Crippen LogP contribution in [0.25, 0.3) is 0 Å². The number of ether oxygens (including phenoxy) is 1. The Labute approximate surface area is 124 Å². The minimum Gasteiger partial charge on any atom is -0.496 e. The van der Waals surface area contributed by atoms with Gasteiger partial charge in [-0.15, -0.1) is 0 Å². The molecule has 2 aromatic rings. The second-order valence-electron chi connectivity index (χ2n) is 5.12. The zero-order valence-electron chi connectivity index (χ0n) is 12.2. The van der Waals surface area contributed by atoms with Gasteiger partial charge in [-0.25, -0.2) is 0 Å². The van der Waals surface area contributed by atoms with E-state index in [1.807, 2.05) is 24.3 Å². The van der Waals surface area contributed by atoms with Gasteiger partial charge in [-0.3, -0.25) is 4.90 Å². The van der Waals surface area contributed by atoms with Gasteiger partial charge < -0.3 is 14.6 Å². The molecule has 1 N–H and O–H groups in total. The highest BCUT2D eigenvalue weighted by Gasteiger charge is 2.15. The Hall–Kier alpha value is -1.92. The molecule has 0 radical (unpaired) electrons. The number of nitrogens with one attached hydrogen (secondary N) is 1. The summed E-state index contributed by atoms with van der Waals surface area (Å²) in [7, 11) is 1.67. The molecule has 6 heteroatoms. The first-order chi connectivity index (χ1) is 10.3. The number of benzene rings is 1. The molecule has 1 aromatic carbocycles. The Balaban J connectivity index is 1.64. The highest BCUT2D eigenvalue weighted by Crippen LogP contribution is 2.19. The number of aromatic nitrogens is 2. The third-order valence-corrected chi connectivity index (χ3v) is 3.62. The number of rotatable bonds is 5. The van der Waals surface area contributed by atoms with Crippen LogP contribution in [0.4, 0.5) is 0 Å². The minimum absolute atomic E-state index is 0.620. The molecular formula is C15H20N4O2. The van der Waals surface area contributed by atoms with E-state index >= 15 is 0 Å². The van der Waals surface area contributed by atoms with Gasteiger partial charge in [-0.05, 0) is 6.07 Å². The number of para-hydroxylation sites is 1. The summed E-state index contributed by atoms with van der Waals surface area (Å²) < 4.78 is 10.7. The summed E-state index contributed by atoms with van der Waals surface area (Å²) in [5.41, 5.74) is 1.06. The van der Waals surface area contributed by atoms with Gasteiger partial charge in [-0.2, -0.15) is 4.98 Å². The Bertz CT molecular complexity index is 579. The molecular weight excluding hydrogens is 268 g/mol. The summed E-state index contributed by atoms with van der Waals surface area (Å²) in [6, 6.07) is 7.90. The Morgan fingerprint density at radius 2 is 2.10 bits per heavy atom. The maximum atomic E-state index is 5.35. The van der Waals surface area contributed by atoms with E-state index in [-0.39, 0.29) is 0 Å². The fourth-order valence-corrected chi connectivity index (χ4v) is 2.51. The quantitative estimate of drug-likeness (QED) is 0.888. The Morgan fingerprint density at radius 1 is 1.29 bits per heavy atom. The van der Waals surface area contributed by atoms with Crippen LogP contribution in [0.2, 0.25) is 0 Å². The second-order valence-corrected chi connectivity index (χ2v) is 5.12. The average Bonchev–Trinajstić information content (AvgIpc) is 2.96. The van der Waals surface area contributed by atoms with Crippen molar-refractivity contribution in [3.63, 3.8) is 0 Å². The predicted octanol–water partition coefficient (Wildman–Crippen LogP) is 1.07. The molecule has 21 heavy (non-hydrogen) atoms. The normalized spacial score (nSPS) is 16.0. The van der Waals surface area contributed by atoms with E-state index in [0.717, 1.165) is 44.0 Å². The van der Waals surface area contributed by atoms with E-state index < -0.39 is 0 Å². The van der Waals surface area contributed by atoms with E-state index in [0.29, 0.717) is 18.1 Å². The lowest BCUT2D eigenvalue weighted by molar-refractivity contribution is 0.203. The third kappa shape index (κ3) is 3.59. The summed E-state index contributed by atoms with van der Waals surface area (Å²) in [5, 5.41) is 7.40. The first-order valence-electron chi connectivity index (χ1n) is 7.21. The van der Waals surface area contributed by atoms with Gasteiger partial charge in [-0.1, -0.05) is 23.4 Å². The maximum absolute atomic E-state index is 5.35. The van der Waals surface area contributed by atoms with Crippen LogP contribution in [0.5, 0.6) is 5.75 Å². The van der Waals surface area contributed by atoms with Crippen LogP contribution in [0.3, 0.4) is 0 Å². The lowest BCUT2D eigenvalue weighted by Crippen LogP contribution is -2.42. The monoisotopic (exact) mass is 288 g/mol. The molecule has 2 heterocycles. The first-order valence-corrected chi connectivity index (χ1v) is 7.21. The molecule has 1 aliphatic heterocycles. The van der Waals surface area contributed by atoms with Gasteiger partial charge in [0.1, 0.15) is 5.75 Å². The summed E-state index contributed by atoms with van der Waals surface area (Å²) in [6.45, 7) is 4.79. The van der Waals surface area contributed by atoms with Crippen molar-refractivity contribution in [1.82, 2.24) is 20.4 Å². The van der Waals surface area contributed by atoms with Crippen LogP contribution in [0.15, 0.2) is 28.8 Å². The fourth-order valence-electron chi connectivity index (χ4n) is 2.51. The van der Waals surface area contributed by atoms with Crippen LogP contribution >= 0.6 is 0 Å². The average molecular weight is 288 g/mol. The number of piperazine rings is 1. The topological polar surface area (TPSA) is 63.4 Å². The van der Waals surface area contributed by atoms with E-state index in [2.05, 4.69) is 20.4 Å². The van der Waals surface area contributed by atoms with Crippen LogP contribution in [0, 0.1) is 0 Å². The van der Waals surface area contributed by atoms with Crippen LogP contribution in [-0.4, -0.2) is 48.3 Å². The van der Waals surface area contributed by atoms with Gasteiger partial charge in [0.15, 0.2) is 5.82 Å². The third-order valence-electron chi connectivity index (χ3n) is 3.62. The number of nitrogens with zero attached hydrogens (tertiary/aromatic N) is 3. The van der Waals surface area contributed by atoms with Crippen LogP contribution in [-0.2, 0) is 13.0 Å². The largest absolute Gasteiger partial charge is 0.496 e. The number of hydrogen-bond donors (Lipinski definition) is 1. The lowest BCUT2D eigenvalue weighted by Gasteiger charge is -2.25. The second kappa shape index (κ2) is 6.69. The van der Waals surface area contributed by atoms with Crippen molar-refractivity contribution in [3.8, 4) is 5.75 Å². The van der Waals surface area contributed by atoms with Gasteiger partial charge >= 0.3 is 0 Å². The molecule has 0 amide bonds. The zero-order chi connectivity index (χ0) is 14.5. The van der Waals surface area contributed by atoms with Gasteiger partial charge in [0.05, 0.1) is 13.7 Å². The summed E-state index contributed by atoms with van der Waals surface area (Å²) in [5.74, 6) is 2.23. The molecule has 1 fully saturated rings. The van der Waals surface area contributed by atoms with Crippen molar-refractivity contribution in [2.24, 2.45) is 0 Å².